The molecule has 0 bridgehead atoms. The third-order valence-electron chi connectivity index (χ3n) is 5.66. The number of halogens is 1. The van der Waals surface area contributed by atoms with Crippen molar-refractivity contribution in [1.82, 2.24) is 15.2 Å². The summed E-state index contributed by atoms with van der Waals surface area (Å²) in [5.74, 6) is 1.05. The zero-order valence-corrected chi connectivity index (χ0v) is 21.1. The zero-order valence-electron chi connectivity index (χ0n) is 18.7. The monoisotopic (exact) mass is 490 g/mol. The number of nitrogens with zero attached hydrogens (tertiary/aromatic N) is 3. The number of anilines is 1. The van der Waals surface area contributed by atoms with Gasteiger partial charge in [0.15, 0.2) is 5.13 Å². The molecule has 1 N–H and O–H groups in total. The number of thiazole rings is 1. The number of hydrogen-bond donors (Lipinski definition) is 1. The number of thioether (sulfide) groups is 1. The van der Waals surface area contributed by atoms with Crippen molar-refractivity contribution in [2.75, 3.05) is 49.9 Å². The average molecular weight is 491 g/mol. The highest BCUT2D eigenvalue weighted by atomic mass is 35.5. The minimum Gasteiger partial charge on any atom is -0.351 e. The second-order valence-electron chi connectivity index (χ2n) is 7.66. The quantitative estimate of drug-likeness (QED) is 0.453. The van der Waals surface area contributed by atoms with Gasteiger partial charge in [-0.1, -0.05) is 37.3 Å². The van der Waals surface area contributed by atoms with E-state index < -0.39 is 0 Å². The van der Waals surface area contributed by atoms with Crippen LogP contribution in [0, 0.1) is 0 Å². The van der Waals surface area contributed by atoms with Crippen LogP contribution in [0.5, 0.6) is 0 Å². The van der Waals surface area contributed by atoms with Crippen LogP contribution in [0.2, 0.25) is 0 Å². The molecule has 1 saturated heterocycles. The van der Waals surface area contributed by atoms with E-state index in [1.54, 1.807) is 23.1 Å². The van der Waals surface area contributed by atoms with Crippen LogP contribution in [-0.2, 0) is 6.42 Å². The van der Waals surface area contributed by atoms with E-state index in [0.29, 0.717) is 6.54 Å². The van der Waals surface area contributed by atoms with Crippen LogP contribution >= 0.6 is 35.5 Å². The number of amides is 1. The summed E-state index contributed by atoms with van der Waals surface area (Å²) in [5.41, 5.74) is 3.22. The molecule has 0 unspecified atom stereocenters. The predicted octanol–water partition coefficient (Wildman–Crippen LogP) is 4.94. The molecule has 3 aromatic rings. The van der Waals surface area contributed by atoms with Crippen LogP contribution in [0.25, 0.3) is 10.2 Å². The van der Waals surface area contributed by atoms with E-state index in [1.807, 2.05) is 24.3 Å². The van der Waals surface area contributed by atoms with Crippen LogP contribution < -0.4 is 10.2 Å². The van der Waals surface area contributed by atoms with Gasteiger partial charge in [-0.05, 0) is 48.1 Å². The van der Waals surface area contributed by atoms with Gasteiger partial charge in [-0.2, -0.15) is 0 Å². The third-order valence-corrected chi connectivity index (χ3v) is 7.63. The van der Waals surface area contributed by atoms with E-state index in [2.05, 4.69) is 47.2 Å². The highest BCUT2D eigenvalue weighted by molar-refractivity contribution is 7.99. The van der Waals surface area contributed by atoms with Gasteiger partial charge >= 0.3 is 0 Å². The van der Waals surface area contributed by atoms with Gasteiger partial charge in [0.05, 0.1) is 10.2 Å². The van der Waals surface area contributed by atoms with E-state index >= 15 is 0 Å². The second-order valence-corrected chi connectivity index (χ2v) is 10.0. The molecule has 0 radical (unpaired) electrons. The molecule has 1 aliphatic rings. The van der Waals surface area contributed by atoms with Gasteiger partial charge in [0.25, 0.3) is 5.91 Å². The van der Waals surface area contributed by atoms with Gasteiger partial charge in [-0.25, -0.2) is 4.98 Å². The number of benzene rings is 2. The molecule has 0 saturated carbocycles. The summed E-state index contributed by atoms with van der Waals surface area (Å²) in [6.45, 7) is 9.81. The van der Waals surface area contributed by atoms with Gasteiger partial charge < -0.3 is 10.2 Å². The van der Waals surface area contributed by atoms with Crippen LogP contribution in [0.15, 0.2) is 47.4 Å². The molecule has 5 nitrogen and oxygen atoms in total. The highest BCUT2D eigenvalue weighted by Gasteiger charge is 2.20. The van der Waals surface area contributed by atoms with E-state index in [9.17, 15) is 4.79 Å². The Labute approximate surface area is 205 Å². The number of para-hydroxylation sites is 1. The van der Waals surface area contributed by atoms with E-state index in [0.717, 1.165) is 61.1 Å². The Hall–Kier alpha value is -1.80. The number of carbonyl (C=O) groups is 1. The molecule has 0 spiro atoms. The smallest absolute Gasteiger partial charge is 0.251 e. The number of piperazine rings is 1. The second kappa shape index (κ2) is 11.9. The average Bonchev–Trinajstić information content (AvgIpc) is 3.25. The normalized spacial score (nSPS) is 14.4. The van der Waals surface area contributed by atoms with Crippen molar-refractivity contribution < 1.29 is 4.79 Å². The third kappa shape index (κ3) is 5.95. The zero-order chi connectivity index (χ0) is 21.6. The van der Waals surface area contributed by atoms with Gasteiger partial charge in [0, 0.05) is 49.7 Å². The van der Waals surface area contributed by atoms with E-state index in [4.69, 9.17) is 4.98 Å². The molecule has 4 rings (SSSR count). The molecular weight excluding hydrogens is 460 g/mol. The Morgan fingerprint density at radius 1 is 1.09 bits per heavy atom. The van der Waals surface area contributed by atoms with Crippen LogP contribution in [0.4, 0.5) is 5.13 Å². The number of fused-ring (bicyclic) bond motifs is 1. The minimum absolute atomic E-state index is 0. The summed E-state index contributed by atoms with van der Waals surface area (Å²) < 4.78 is 1.28. The first-order chi connectivity index (χ1) is 15.2. The summed E-state index contributed by atoms with van der Waals surface area (Å²) in [6, 6.07) is 14.3. The fourth-order valence-corrected chi connectivity index (χ4v) is 5.60. The Balaban J connectivity index is 0.00000289. The van der Waals surface area contributed by atoms with E-state index in [1.165, 1.54) is 15.2 Å². The number of aromatic nitrogens is 1. The van der Waals surface area contributed by atoms with Crippen molar-refractivity contribution in [2.45, 2.75) is 25.2 Å². The number of aryl methyl sites for hydroxylation is 1. The van der Waals surface area contributed by atoms with Crippen LogP contribution in [0.3, 0.4) is 0 Å². The first-order valence-electron chi connectivity index (χ1n) is 11.0. The molecule has 1 amide bonds. The molecule has 172 valence electrons. The first-order valence-corrected chi connectivity index (χ1v) is 12.8. The van der Waals surface area contributed by atoms with Crippen molar-refractivity contribution in [2.24, 2.45) is 0 Å². The number of hydrogen-bond acceptors (Lipinski definition) is 6. The summed E-state index contributed by atoms with van der Waals surface area (Å²) in [7, 11) is 0. The Morgan fingerprint density at radius 2 is 1.84 bits per heavy atom. The molecule has 0 aliphatic carbocycles. The SMILES string of the molecule is CCSc1ccc(C(=O)NCCN2CCN(c3nc4c(CC)cccc4s3)CC2)cc1.Cl. The Morgan fingerprint density at radius 3 is 2.53 bits per heavy atom. The van der Waals surface area contributed by atoms with Crippen molar-refractivity contribution in [3.63, 3.8) is 0 Å². The number of nitrogens with one attached hydrogen (secondary N) is 1. The van der Waals surface area contributed by atoms with Gasteiger partial charge in [-0.3, -0.25) is 9.69 Å². The van der Waals surface area contributed by atoms with Gasteiger partial charge in [-0.15, -0.1) is 24.2 Å². The minimum atomic E-state index is 0. The molecule has 8 heteroatoms. The highest BCUT2D eigenvalue weighted by Crippen LogP contribution is 2.31. The maximum atomic E-state index is 12.4. The molecule has 1 fully saturated rings. The lowest BCUT2D eigenvalue weighted by Crippen LogP contribution is -2.48. The van der Waals surface area contributed by atoms with Crippen LogP contribution in [-0.4, -0.2) is 60.8 Å². The van der Waals surface area contributed by atoms with Crippen molar-refractivity contribution in [1.29, 1.82) is 0 Å². The predicted molar refractivity (Wildman–Crippen MR) is 140 cm³/mol. The maximum absolute atomic E-state index is 12.4. The lowest BCUT2D eigenvalue weighted by atomic mass is 10.1. The Bertz CT molecular complexity index is 1020. The standard InChI is InChI=1S/C24H30N4OS2.ClH/c1-3-18-6-5-7-21-22(18)26-24(31-21)28-16-14-27(15-17-28)13-12-25-23(29)19-8-10-20(11-9-19)30-4-2;/h5-11H,3-4,12-17H2,1-2H3,(H,25,29);1H. The van der Waals surface area contributed by atoms with Gasteiger partial charge in [0.2, 0.25) is 0 Å². The molecule has 2 aromatic carbocycles. The van der Waals surface area contributed by atoms with Crippen molar-refractivity contribution in [3.8, 4) is 0 Å². The van der Waals surface area contributed by atoms with Gasteiger partial charge in [0.1, 0.15) is 0 Å². The molecule has 1 aromatic heterocycles. The van der Waals surface area contributed by atoms with Crippen molar-refractivity contribution in [3.05, 3.63) is 53.6 Å². The number of carbonyl (C=O) groups excluding carboxylic acids is 1. The first kappa shape index (κ1) is 24.8. The molecule has 0 atom stereocenters. The largest absolute Gasteiger partial charge is 0.351 e. The lowest BCUT2D eigenvalue weighted by molar-refractivity contribution is 0.0947. The summed E-state index contributed by atoms with van der Waals surface area (Å²) in [6.07, 6.45) is 1.02. The summed E-state index contributed by atoms with van der Waals surface area (Å²) in [4.78, 5) is 23.3. The van der Waals surface area contributed by atoms with Crippen molar-refractivity contribution >= 4 is 56.8 Å². The van der Waals surface area contributed by atoms with E-state index in [-0.39, 0.29) is 18.3 Å². The molecule has 32 heavy (non-hydrogen) atoms. The summed E-state index contributed by atoms with van der Waals surface area (Å²) >= 11 is 3.58. The molecule has 1 aliphatic heterocycles. The fraction of sp³-hybridized carbons (Fsp3) is 0.417. The maximum Gasteiger partial charge on any atom is 0.251 e. The molecular formula is C24H31ClN4OS2. The molecule has 2 heterocycles. The van der Waals surface area contributed by atoms with Crippen LogP contribution in [0.1, 0.15) is 29.8 Å². The lowest BCUT2D eigenvalue weighted by Gasteiger charge is -2.34. The fourth-order valence-electron chi connectivity index (χ4n) is 3.88. The summed E-state index contributed by atoms with van der Waals surface area (Å²) in [5, 5.41) is 4.19. The Kier molecular flexibility index (Phi) is 9.22. The number of rotatable bonds is 8. The topological polar surface area (TPSA) is 48.5 Å².